The van der Waals surface area contributed by atoms with Crippen LogP contribution in [-0.2, 0) is 15.9 Å². The van der Waals surface area contributed by atoms with Crippen LogP contribution in [0.5, 0.6) is 0 Å². The van der Waals surface area contributed by atoms with Gasteiger partial charge in [0.15, 0.2) is 0 Å². The first-order chi connectivity index (χ1) is 11.1. The van der Waals surface area contributed by atoms with Gasteiger partial charge in [0.2, 0.25) is 0 Å². The Bertz CT molecular complexity index is 140. The number of hydrogen-bond acceptors (Lipinski definition) is 0. The van der Waals surface area contributed by atoms with Crippen molar-refractivity contribution < 1.29 is 15.9 Å². The molecule has 0 aromatic carbocycles. The van der Waals surface area contributed by atoms with Crippen molar-refractivity contribution in [3.63, 3.8) is 0 Å². The van der Waals surface area contributed by atoms with Gasteiger partial charge in [0.25, 0.3) is 0 Å². The van der Waals surface area contributed by atoms with Crippen molar-refractivity contribution in [2.75, 3.05) is 37.0 Å². The Hall–Kier alpha value is 2.10. The van der Waals surface area contributed by atoms with Gasteiger partial charge in [-0.05, 0) is 37.0 Å². The van der Waals surface area contributed by atoms with E-state index in [-0.39, 0.29) is 15.9 Å². The Morgan fingerprint density at radius 1 is 0.478 bits per heavy atom. The maximum absolute atomic E-state index is 4.81. The Labute approximate surface area is 167 Å². The first kappa shape index (κ1) is 29.9. The molecule has 0 heterocycles. The molecule has 0 fully saturated rings. The van der Waals surface area contributed by atoms with Crippen LogP contribution in [0.1, 0.15) is 80.1 Å². The molecule has 0 radical (unpaired) electrons. The summed E-state index contributed by atoms with van der Waals surface area (Å²) in [6, 6.07) is 0. The molecule has 0 aromatic rings. The standard InChI is InChI=1S/2C9H21P.2ClH.Pd/c2*1-4-7-10(8-5-2)9-6-3;;;/h2*4-9H2,1-3H3;2*1H;/q;;;;+2/p-2. The van der Waals surface area contributed by atoms with E-state index >= 15 is 0 Å². The summed E-state index contributed by atoms with van der Waals surface area (Å²) >= 11 is -0.106. The van der Waals surface area contributed by atoms with E-state index in [2.05, 4.69) is 41.5 Å². The van der Waals surface area contributed by atoms with Gasteiger partial charge in [0, 0.05) is 0 Å². The molecule has 0 nitrogen and oxygen atoms in total. The van der Waals surface area contributed by atoms with E-state index in [1.807, 2.05) is 0 Å². The van der Waals surface area contributed by atoms with Gasteiger partial charge in [0.1, 0.15) is 0 Å². The zero-order valence-electron chi connectivity index (χ0n) is 16.5. The molecule has 23 heavy (non-hydrogen) atoms. The molecule has 0 aromatic heterocycles. The van der Waals surface area contributed by atoms with Crippen molar-refractivity contribution in [3.8, 4) is 0 Å². The molecule has 0 bridgehead atoms. The zero-order valence-corrected chi connectivity index (χ0v) is 21.3. The monoisotopic (exact) mass is 496 g/mol. The third kappa shape index (κ3) is 29.1. The van der Waals surface area contributed by atoms with Crippen LogP contribution in [0, 0.1) is 0 Å². The predicted molar refractivity (Wildman–Crippen MR) is 116 cm³/mol. The normalized spacial score (nSPS) is 10.3. The van der Waals surface area contributed by atoms with Crippen molar-refractivity contribution in [3.05, 3.63) is 0 Å². The molecule has 0 rings (SSSR count). The summed E-state index contributed by atoms with van der Waals surface area (Å²) in [7, 11) is 10.5. The van der Waals surface area contributed by atoms with Crippen molar-refractivity contribution in [1.82, 2.24) is 0 Å². The third-order valence-electron chi connectivity index (χ3n) is 3.24. The molecule has 5 heteroatoms. The molecule has 0 saturated heterocycles. The summed E-state index contributed by atoms with van der Waals surface area (Å²) in [6.07, 6.45) is 17.4. The van der Waals surface area contributed by atoms with Crippen LogP contribution in [0.3, 0.4) is 0 Å². The molecule has 0 atom stereocenters. The van der Waals surface area contributed by atoms with Crippen molar-refractivity contribution in [2.45, 2.75) is 80.1 Å². The zero-order chi connectivity index (χ0) is 18.3. The van der Waals surface area contributed by atoms with E-state index in [9.17, 15) is 0 Å². The van der Waals surface area contributed by atoms with Crippen LogP contribution in [0.4, 0.5) is 0 Å². The summed E-state index contributed by atoms with van der Waals surface area (Å²) in [5.41, 5.74) is 0. The molecule has 148 valence electrons. The van der Waals surface area contributed by atoms with Crippen molar-refractivity contribution in [2.24, 2.45) is 0 Å². The molecular formula is C18H42Cl2P2Pd. The molecule has 0 unspecified atom stereocenters. The van der Waals surface area contributed by atoms with Gasteiger partial charge < -0.3 is 0 Å². The minimum absolute atomic E-state index is 0.106. The van der Waals surface area contributed by atoms with E-state index in [0.717, 1.165) is 0 Å². The first-order valence-corrected chi connectivity index (χ1v) is 17.2. The Balaban J connectivity index is -0.000000297. The number of hydrogen-bond donors (Lipinski definition) is 0. The number of halogens is 2. The summed E-state index contributed by atoms with van der Waals surface area (Å²) in [5.74, 6) is 0. The van der Waals surface area contributed by atoms with Gasteiger partial charge in [-0.15, -0.1) is 15.8 Å². The summed E-state index contributed by atoms with van der Waals surface area (Å²) in [5, 5.41) is 0. The summed E-state index contributed by atoms with van der Waals surface area (Å²) in [4.78, 5) is 0. The molecular weight excluding hydrogens is 455 g/mol. The van der Waals surface area contributed by atoms with Gasteiger partial charge in [-0.25, -0.2) is 0 Å². The minimum atomic E-state index is -0.106. The van der Waals surface area contributed by atoms with E-state index in [1.165, 1.54) is 75.5 Å². The van der Waals surface area contributed by atoms with Crippen molar-refractivity contribution >= 4 is 34.9 Å². The fraction of sp³-hybridized carbons (Fsp3) is 1.00. The second-order valence-electron chi connectivity index (χ2n) is 5.73. The number of rotatable bonds is 12. The van der Waals surface area contributed by atoms with Crippen LogP contribution in [0.15, 0.2) is 0 Å². The van der Waals surface area contributed by atoms with Gasteiger partial charge in [-0.2, -0.15) is 0 Å². The van der Waals surface area contributed by atoms with Gasteiger partial charge in [-0.3, -0.25) is 0 Å². The molecule has 0 saturated carbocycles. The van der Waals surface area contributed by atoms with E-state index in [0.29, 0.717) is 15.8 Å². The van der Waals surface area contributed by atoms with Crippen LogP contribution in [0.2, 0.25) is 0 Å². The first-order valence-electron chi connectivity index (χ1n) is 9.38. The van der Waals surface area contributed by atoms with Gasteiger partial charge in [0.05, 0.1) is 0 Å². The van der Waals surface area contributed by atoms with Crippen LogP contribution < -0.4 is 0 Å². The van der Waals surface area contributed by atoms with Crippen LogP contribution >= 0.6 is 34.9 Å². The summed E-state index contributed by atoms with van der Waals surface area (Å²) in [6.45, 7) is 13.8. The average molecular weight is 498 g/mol. The average Bonchev–Trinajstić information content (AvgIpc) is 2.50. The second-order valence-corrected chi connectivity index (χ2v) is 13.5. The molecule has 0 aliphatic carbocycles. The topological polar surface area (TPSA) is 0 Å². The van der Waals surface area contributed by atoms with E-state index < -0.39 is 0 Å². The maximum atomic E-state index is 4.81. The Morgan fingerprint density at radius 2 is 0.609 bits per heavy atom. The quantitative estimate of drug-likeness (QED) is 0.187. The van der Waals surface area contributed by atoms with E-state index in [1.54, 1.807) is 0 Å². The van der Waals surface area contributed by atoms with E-state index in [4.69, 9.17) is 19.1 Å². The SMILES string of the molecule is CCCP(CCC)CCC.CCCP(CCC)CCC.[Cl][Pd][Cl]. The Kier molecular flexibility index (Phi) is 37.5. The fourth-order valence-electron chi connectivity index (χ4n) is 2.57. The molecule has 0 aliphatic rings. The molecule has 0 amide bonds. The molecule has 0 N–H and O–H groups in total. The third-order valence-corrected chi connectivity index (χ3v) is 9.72. The van der Waals surface area contributed by atoms with Crippen LogP contribution in [0.25, 0.3) is 0 Å². The molecule has 0 aliphatic heterocycles. The van der Waals surface area contributed by atoms with Crippen molar-refractivity contribution in [1.29, 1.82) is 0 Å². The predicted octanol–water partition coefficient (Wildman–Crippen LogP) is 8.77. The Morgan fingerprint density at radius 3 is 0.696 bits per heavy atom. The van der Waals surface area contributed by atoms with Gasteiger partial charge >= 0.3 is 35.0 Å². The van der Waals surface area contributed by atoms with Gasteiger partial charge in [-0.1, -0.05) is 80.1 Å². The summed E-state index contributed by atoms with van der Waals surface area (Å²) < 4.78 is 0. The fourth-order valence-corrected chi connectivity index (χ4v) is 7.70. The molecule has 0 spiro atoms. The second kappa shape index (κ2) is 28.9. The van der Waals surface area contributed by atoms with Crippen LogP contribution in [-0.4, -0.2) is 37.0 Å².